The molecule has 0 aliphatic heterocycles. The first-order valence-corrected chi connectivity index (χ1v) is 7.11. The van der Waals surface area contributed by atoms with E-state index < -0.39 is 23.3 Å². The lowest BCUT2D eigenvalue weighted by Gasteiger charge is -2.07. The van der Waals surface area contributed by atoms with E-state index in [1.54, 1.807) is 6.92 Å². The van der Waals surface area contributed by atoms with Gasteiger partial charge in [-0.3, -0.25) is 14.9 Å². The number of hydrogen-bond donors (Lipinski definition) is 1. The van der Waals surface area contributed by atoms with E-state index in [1.807, 2.05) is 0 Å². The molecule has 1 N–H and O–H groups in total. The summed E-state index contributed by atoms with van der Waals surface area (Å²) in [5.41, 5.74) is 0.143. The Morgan fingerprint density at radius 3 is 2.58 bits per heavy atom. The van der Waals surface area contributed by atoms with Crippen LogP contribution in [0.5, 0.6) is 5.75 Å². The number of halogens is 1. The second-order valence-corrected chi connectivity index (χ2v) is 5.36. The Balaban J connectivity index is 2.09. The van der Waals surface area contributed by atoms with Gasteiger partial charge in [-0.05, 0) is 25.1 Å². The minimum atomic E-state index is -0.904. The van der Waals surface area contributed by atoms with Gasteiger partial charge in [0.2, 0.25) is 5.78 Å². The third kappa shape index (κ3) is 3.88. The monoisotopic (exact) mass is 349 g/mol. The lowest BCUT2D eigenvalue weighted by atomic mass is 10.1. The van der Waals surface area contributed by atoms with Crippen LogP contribution in [-0.4, -0.2) is 28.4 Å². The van der Waals surface area contributed by atoms with E-state index in [4.69, 9.17) is 16.3 Å². The number of ether oxygens (including phenoxy) is 1. The van der Waals surface area contributed by atoms with Crippen LogP contribution in [0.4, 0.5) is 5.69 Å². The van der Waals surface area contributed by atoms with Crippen molar-refractivity contribution in [2.45, 2.75) is 6.92 Å². The number of nitrogens with zero attached hydrogens (tertiary/aromatic N) is 1. The van der Waals surface area contributed by atoms with Gasteiger partial charge in [0.1, 0.15) is 11.3 Å². The summed E-state index contributed by atoms with van der Waals surface area (Å²) in [4.78, 5) is 34.2. The molecule has 0 aliphatic carbocycles. The molecule has 0 unspecified atom stereocenters. The lowest BCUT2D eigenvalue weighted by Crippen LogP contribution is -2.14. The van der Waals surface area contributed by atoms with E-state index >= 15 is 0 Å². The summed E-state index contributed by atoms with van der Waals surface area (Å²) in [7, 11) is 0. The Morgan fingerprint density at radius 2 is 1.96 bits per heavy atom. The van der Waals surface area contributed by atoms with Gasteiger partial charge < -0.3 is 9.84 Å². The summed E-state index contributed by atoms with van der Waals surface area (Å²) in [5, 5.41) is 20.8. The Morgan fingerprint density at radius 1 is 1.25 bits per heavy atom. The topological polar surface area (TPSA) is 107 Å². The van der Waals surface area contributed by atoms with Crippen molar-refractivity contribution in [2.24, 2.45) is 0 Å². The highest BCUT2D eigenvalue weighted by atomic mass is 35.5. The first kappa shape index (κ1) is 17.4. The number of benzene rings is 2. The Kier molecular flexibility index (Phi) is 5.15. The zero-order valence-electron chi connectivity index (χ0n) is 12.5. The van der Waals surface area contributed by atoms with Crippen molar-refractivity contribution in [1.82, 2.24) is 0 Å². The number of Topliss-reactive ketones (excluding diaryl/α,β-unsaturated/α-hetero) is 1. The Bertz CT molecular complexity index is 833. The molecule has 0 spiro atoms. The maximum Gasteiger partial charge on any atom is 0.342 e. The van der Waals surface area contributed by atoms with Gasteiger partial charge in [-0.15, -0.1) is 0 Å². The zero-order chi connectivity index (χ0) is 17.9. The number of hydrogen-bond acceptors (Lipinski definition) is 6. The summed E-state index contributed by atoms with van der Waals surface area (Å²) in [6, 6.07) is 7.81. The summed E-state index contributed by atoms with van der Waals surface area (Å²) in [6.45, 7) is 0.941. The molecule has 2 aromatic rings. The van der Waals surface area contributed by atoms with Crippen molar-refractivity contribution < 1.29 is 24.4 Å². The Labute approximate surface area is 141 Å². The van der Waals surface area contributed by atoms with Gasteiger partial charge in [-0.2, -0.15) is 0 Å². The van der Waals surface area contributed by atoms with Crippen LogP contribution in [-0.2, 0) is 4.74 Å². The number of phenolic OH excluding ortho intramolecular Hbond substituents is 1. The molecule has 0 atom stereocenters. The molecule has 2 rings (SSSR count). The van der Waals surface area contributed by atoms with E-state index in [2.05, 4.69) is 0 Å². The number of ketones is 1. The highest BCUT2D eigenvalue weighted by Gasteiger charge is 2.18. The second-order valence-electron chi connectivity index (χ2n) is 4.92. The quantitative estimate of drug-likeness (QED) is 0.384. The predicted octanol–water partition coefficient (Wildman–Crippen LogP) is 3.30. The van der Waals surface area contributed by atoms with E-state index in [-0.39, 0.29) is 27.6 Å². The largest absolute Gasteiger partial charge is 0.507 e. The highest BCUT2D eigenvalue weighted by molar-refractivity contribution is 6.30. The minimum Gasteiger partial charge on any atom is -0.507 e. The fourth-order valence-electron chi connectivity index (χ4n) is 1.95. The van der Waals surface area contributed by atoms with Crippen molar-refractivity contribution in [3.05, 3.63) is 68.2 Å². The fraction of sp³-hybridized carbons (Fsp3) is 0.125. The number of esters is 1. The van der Waals surface area contributed by atoms with Crippen LogP contribution in [0.25, 0.3) is 0 Å². The molecule has 24 heavy (non-hydrogen) atoms. The summed E-state index contributed by atoms with van der Waals surface area (Å²) >= 11 is 5.66. The molecule has 0 saturated carbocycles. The molecule has 0 aliphatic rings. The molecule has 0 aromatic heterocycles. The molecular formula is C16H12ClNO6. The maximum atomic E-state index is 12.0. The fourth-order valence-corrected chi connectivity index (χ4v) is 2.12. The van der Waals surface area contributed by atoms with Gasteiger partial charge in [0.15, 0.2) is 6.61 Å². The molecule has 0 saturated heterocycles. The molecule has 124 valence electrons. The van der Waals surface area contributed by atoms with Crippen LogP contribution in [0.15, 0.2) is 36.4 Å². The molecule has 7 nitrogen and oxygen atoms in total. The maximum absolute atomic E-state index is 12.0. The molecule has 0 amide bonds. The summed E-state index contributed by atoms with van der Waals surface area (Å²) < 4.78 is 4.83. The van der Waals surface area contributed by atoms with Gasteiger partial charge in [0, 0.05) is 22.2 Å². The summed E-state index contributed by atoms with van der Waals surface area (Å²) in [5.74, 6) is -1.87. The predicted molar refractivity (Wildman–Crippen MR) is 85.6 cm³/mol. The number of nitro groups is 1. The third-order valence-corrected chi connectivity index (χ3v) is 3.48. The lowest BCUT2D eigenvalue weighted by molar-refractivity contribution is -0.385. The van der Waals surface area contributed by atoms with Crippen molar-refractivity contribution in [3.63, 3.8) is 0 Å². The smallest absolute Gasteiger partial charge is 0.342 e. The van der Waals surface area contributed by atoms with Crippen LogP contribution < -0.4 is 0 Å². The van der Waals surface area contributed by atoms with Gasteiger partial charge >= 0.3 is 5.97 Å². The van der Waals surface area contributed by atoms with Crippen LogP contribution in [0.3, 0.4) is 0 Å². The first-order valence-electron chi connectivity index (χ1n) is 6.73. The zero-order valence-corrected chi connectivity index (χ0v) is 13.2. The van der Waals surface area contributed by atoms with Crippen molar-refractivity contribution in [2.75, 3.05) is 6.61 Å². The van der Waals surface area contributed by atoms with E-state index in [0.717, 1.165) is 6.07 Å². The van der Waals surface area contributed by atoms with E-state index in [9.17, 15) is 24.8 Å². The molecule has 8 heteroatoms. The Hall–Kier alpha value is -2.93. The molecule has 0 bridgehead atoms. The number of phenols is 1. The normalized spacial score (nSPS) is 10.2. The highest BCUT2D eigenvalue weighted by Crippen LogP contribution is 2.23. The molecule has 0 radical (unpaired) electrons. The number of nitro benzene ring substituents is 1. The molecular weight excluding hydrogens is 338 g/mol. The van der Waals surface area contributed by atoms with Gasteiger partial charge in [0.25, 0.3) is 5.69 Å². The van der Waals surface area contributed by atoms with Crippen LogP contribution in [0.1, 0.15) is 26.3 Å². The van der Waals surface area contributed by atoms with Gasteiger partial charge in [-0.1, -0.05) is 23.7 Å². The molecule has 0 heterocycles. The van der Waals surface area contributed by atoms with Crippen molar-refractivity contribution >= 4 is 29.0 Å². The van der Waals surface area contributed by atoms with Gasteiger partial charge in [-0.25, -0.2) is 4.79 Å². The standard InChI is InChI=1S/C16H12ClNO6/c1-9-2-3-10(6-13(9)18(22)23)15(20)8-24-16(21)12-5-4-11(17)7-14(12)19/h2-7,19H,8H2,1H3. The molecule has 2 aromatic carbocycles. The van der Waals surface area contributed by atoms with Gasteiger partial charge in [0.05, 0.1) is 4.92 Å². The SMILES string of the molecule is Cc1ccc(C(=O)COC(=O)c2ccc(Cl)cc2O)cc1[N+](=O)[O-]. The van der Waals surface area contributed by atoms with Crippen LogP contribution >= 0.6 is 11.6 Å². The average molecular weight is 350 g/mol. The van der Waals surface area contributed by atoms with Crippen LogP contribution in [0.2, 0.25) is 5.02 Å². The number of aryl methyl sites for hydroxylation is 1. The first-order chi connectivity index (χ1) is 11.3. The van der Waals surface area contributed by atoms with Crippen molar-refractivity contribution in [3.8, 4) is 5.75 Å². The van der Waals surface area contributed by atoms with E-state index in [1.165, 1.54) is 30.3 Å². The molecule has 0 fully saturated rings. The number of aromatic hydroxyl groups is 1. The minimum absolute atomic E-state index is 0.0560. The number of carbonyl (C=O) groups excluding carboxylic acids is 2. The van der Waals surface area contributed by atoms with Crippen molar-refractivity contribution in [1.29, 1.82) is 0 Å². The average Bonchev–Trinajstić information content (AvgIpc) is 2.52. The number of carbonyl (C=O) groups is 2. The third-order valence-electron chi connectivity index (χ3n) is 3.24. The summed E-state index contributed by atoms with van der Waals surface area (Å²) in [6.07, 6.45) is 0. The van der Waals surface area contributed by atoms with E-state index in [0.29, 0.717) is 5.56 Å². The second kappa shape index (κ2) is 7.10. The van der Waals surface area contributed by atoms with Crippen LogP contribution in [0, 0.1) is 17.0 Å². The number of rotatable bonds is 5.